The molecule has 0 bridgehead atoms. The number of aliphatic imine (C=N–C) groups is 1. The number of hydrogen-bond acceptors (Lipinski definition) is 3. The van der Waals surface area contributed by atoms with E-state index in [1.165, 1.54) is 12.1 Å². The van der Waals surface area contributed by atoms with Crippen LogP contribution in [-0.4, -0.2) is 23.8 Å². The van der Waals surface area contributed by atoms with E-state index < -0.39 is 11.8 Å². The monoisotopic (exact) mass is 250 g/mol. The molecule has 0 radical (unpaired) electrons. The maximum atomic E-state index is 13.8. The SMILES string of the molecule is CN=C(C)/C(=C(/C)N)c1cc(C(=O)O)ccc1F. The van der Waals surface area contributed by atoms with Gasteiger partial charge in [0, 0.05) is 29.6 Å². The molecule has 0 aliphatic rings. The minimum atomic E-state index is -1.11. The first-order valence-electron chi connectivity index (χ1n) is 5.31. The average molecular weight is 250 g/mol. The van der Waals surface area contributed by atoms with Crippen molar-refractivity contribution >= 4 is 17.3 Å². The van der Waals surface area contributed by atoms with Crippen LogP contribution in [0.15, 0.2) is 28.9 Å². The lowest BCUT2D eigenvalue weighted by Gasteiger charge is -2.11. The molecule has 0 atom stereocenters. The van der Waals surface area contributed by atoms with E-state index in [9.17, 15) is 9.18 Å². The van der Waals surface area contributed by atoms with Crippen molar-refractivity contribution in [3.63, 3.8) is 0 Å². The molecule has 0 fully saturated rings. The Kier molecular flexibility index (Phi) is 4.20. The number of aromatic carboxylic acids is 1. The highest BCUT2D eigenvalue weighted by Crippen LogP contribution is 2.23. The van der Waals surface area contributed by atoms with Crippen LogP contribution in [0.5, 0.6) is 0 Å². The molecule has 0 spiro atoms. The molecular formula is C13H15FN2O2. The van der Waals surface area contributed by atoms with Crippen molar-refractivity contribution in [1.29, 1.82) is 0 Å². The van der Waals surface area contributed by atoms with Gasteiger partial charge in [0.2, 0.25) is 0 Å². The fourth-order valence-corrected chi connectivity index (χ4v) is 1.65. The molecule has 4 nitrogen and oxygen atoms in total. The normalized spacial score (nSPS) is 13.2. The zero-order chi connectivity index (χ0) is 13.9. The van der Waals surface area contributed by atoms with Gasteiger partial charge >= 0.3 is 5.97 Å². The number of carboxylic acid groups (broad SMARTS) is 1. The summed E-state index contributed by atoms with van der Waals surface area (Å²) >= 11 is 0. The van der Waals surface area contributed by atoms with Gasteiger partial charge in [-0.25, -0.2) is 9.18 Å². The number of rotatable bonds is 3. The molecule has 0 aliphatic heterocycles. The van der Waals surface area contributed by atoms with Crippen molar-refractivity contribution < 1.29 is 14.3 Å². The maximum absolute atomic E-state index is 13.8. The zero-order valence-corrected chi connectivity index (χ0v) is 10.5. The molecule has 0 aromatic heterocycles. The zero-order valence-electron chi connectivity index (χ0n) is 10.5. The van der Waals surface area contributed by atoms with Crippen molar-refractivity contribution in [2.24, 2.45) is 10.7 Å². The molecule has 0 aliphatic carbocycles. The largest absolute Gasteiger partial charge is 0.478 e. The van der Waals surface area contributed by atoms with Crippen molar-refractivity contribution in [3.8, 4) is 0 Å². The number of nitrogens with zero attached hydrogens (tertiary/aromatic N) is 1. The molecule has 0 amide bonds. The molecule has 5 heteroatoms. The Labute approximate surface area is 105 Å². The third-order valence-corrected chi connectivity index (χ3v) is 2.57. The number of halogens is 1. The smallest absolute Gasteiger partial charge is 0.335 e. The summed E-state index contributed by atoms with van der Waals surface area (Å²) in [7, 11) is 1.57. The first kappa shape index (κ1) is 13.9. The van der Waals surface area contributed by atoms with Crippen molar-refractivity contribution in [1.82, 2.24) is 0 Å². The Morgan fingerprint density at radius 3 is 2.44 bits per heavy atom. The Morgan fingerprint density at radius 2 is 2.00 bits per heavy atom. The number of benzene rings is 1. The third kappa shape index (κ3) is 2.74. The maximum Gasteiger partial charge on any atom is 0.335 e. The van der Waals surface area contributed by atoms with Gasteiger partial charge < -0.3 is 10.8 Å². The van der Waals surface area contributed by atoms with Gasteiger partial charge in [0.15, 0.2) is 0 Å². The van der Waals surface area contributed by atoms with E-state index in [-0.39, 0.29) is 11.1 Å². The highest BCUT2D eigenvalue weighted by atomic mass is 19.1. The van der Waals surface area contributed by atoms with E-state index in [0.29, 0.717) is 17.0 Å². The number of hydrogen-bond donors (Lipinski definition) is 2. The molecular weight excluding hydrogens is 235 g/mol. The van der Waals surface area contributed by atoms with Crippen LogP contribution in [0.25, 0.3) is 5.57 Å². The second-order valence-electron chi connectivity index (χ2n) is 3.87. The lowest BCUT2D eigenvalue weighted by atomic mass is 9.97. The number of carbonyl (C=O) groups is 1. The highest BCUT2D eigenvalue weighted by Gasteiger charge is 2.15. The first-order chi connectivity index (χ1) is 8.38. The van der Waals surface area contributed by atoms with Crippen LogP contribution in [0, 0.1) is 5.82 Å². The van der Waals surface area contributed by atoms with Crippen LogP contribution >= 0.6 is 0 Å². The predicted molar refractivity (Wildman–Crippen MR) is 69.2 cm³/mol. The summed E-state index contributed by atoms with van der Waals surface area (Å²) in [5.41, 5.74) is 7.25. The van der Waals surface area contributed by atoms with Crippen LogP contribution in [0.3, 0.4) is 0 Å². The highest BCUT2D eigenvalue weighted by molar-refractivity contribution is 6.23. The summed E-state index contributed by atoms with van der Waals surface area (Å²) in [4.78, 5) is 14.9. The van der Waals surface area contributed by atoms with E-state index in [0.717, 1.165) is 6.07 Å². The Hall–Kier alpha value is -2.17. The number of carboxylic acids is 1. The quantitative estimate of drug-likeness (QED) is 0.808. The fourth-order valence-electron chi connectivity index (χ4n) is 1.65. The summed E-state index contributed by atoms with van der Waals surface area (Å²) in [5, 5.41) is 8.92. The third-order valence-electron chi connectivity index (χ3n) is 2.57. The summed E-state index contributed by atoms with van der Waals surface area (Å²) < 4.78 is 13.8. The van der Waals surface area contributed by atoms with Crippen LogP contribution in [0.2, 0.25) is 0 Å². The van der Waals surface area contributed by atoms with Gasteiger partial charge in [-0.1, -0.05) is 0 Å². The van der Waals surface area contributed by atoms with Gasteiger partial charge in [0.1, 0.15) is 5.82 Å². The summed E-state index contributed by atoms with van der Waals surface area (Å²) in [6, 6.07) is 3.59. The molecule has 0 unspecified atom stereocenters. The van der Waals surface area contributed by atoms with Gasteiger partial charge in [-0.05, 0) is 32.0 Å². The second kappa shape index (κ2) is 5.44. The minimum absolute atomic E-state index is 0.00838. The molecule has 1 rings (SSSR count). The lowest BCUT2D eigenvalue weighted by Crippen LogP contribution is -2.09. The predicted octanol–water partition coefficient (Wildman–Crippen LogP) is 2.30. The Morgan fingerprint density at radius 1 is 1.39 bits per heavy atom. The summed E-state index contributed by atoms with van der Waals surface area (Å²) in [6.07, 6.45) is 0. The summed E-state index contributed by atoms with van der Waals surface area (Å²) in [5.74, 6) is -1.64. The Bertz CT molecular complexity index is 544. The Balaban J connectivity index is 3.52. The molecule has 1 aromatic carbocycles. The van der Waals surface area contributed by atoms with Gasteiger partial charge in [-0.3, -0.25) is 4.99 Å². The lowest BCUT2D eigenvalue weighted by molar-refractivity contribution is 0.0697. The first-order valence-corrected chi connectivity index (χ1v) is 5.31. The molecule has 3 N–H and O–H groups in total. The van der Waals surface area contributed by atoms with E-state index in [1.54, 1.807) is 20.9 Å². The van der Waals surface area contributed by atoms with E-state index in [4.69, 9.17) is 10.8 Å². The molecule has 0 heterocycles. The van der Waals surface area contributed by atoms with Crippen LogP contribution in [-0.2, 0) is 0 Å². The number of nitrogens with two attached hydrogens (primary N) is 1. The van der Waals surface area contributed by atoms with E-state index >= 15 is 0 Å². The fraction of sp³-hybridized carbons (Fsp3) is 0.231. The van der Waals surface area contributed by atoms with Crippen molar-refractivity contribution in [2.75, 3.05) is 7.05 Å². The standard InChI is InChI=1S/C13H15FN2O2/c1-7(15)12(8(2)16-3)10-6-9(13(17)18)4-5-11(10)14/h4-6H,15H2,1-3H3,(H,17,18)/b12-7+,16-8?. The van der Waals surface area contributed by atoms with Gasteiger partial charge in [-0.15, -0.1) is 0 Å². The molecule has 18 heavy (non-hydrogen) atoms. The minimum Gasteiger partial charge on any atom is -0.478 e. The van der Waals surface area contributed by atoms with Crippen LogP contribution < -0.4 is 5.73 Å². The second-order valence-corrected chi connectivity index (χ2v) is 3.87. The van der Waals surface area contributed by atoms with Gasteiger partial charge in [0.05, 0.1) is 5.56 Å². The van der Waals surface area contributed by atoms with Crippen LogP contribution in [0.1, 0.15) is 29.8 Å². The molecule has 0 saturated carbocycles. The molecule has 0 saturated heterocycles. The van der Waals surface area contributed by atoms with E-state index in [2.05, 4.69) is 4.99 Å². The average Bonchev–Trinajstić information content (AvgIpc) is 2.30. The van der Waals surface area contributed by atoms with E-state index in [1.807, 2.05) is 0 Å². The summed E-state index contributed by atoms with van der Waals surface area (Å²) in [6.45, 7) is 3.31. The van der Waals surface area contributed by atoms with Crippen molar-refractivity contribution in [2.45, 2.75) is 13.8 Å². The molecule has 1 aromatic rings. The number of allylic oxidation sites excluding steroid dienone is 2. The topological polar surface area (TPSA) is 75.7 Å². The molecule has 96 valence electrons. The van der Waals surface area contributed by atoms with Gasteiger partial charge in [0.25, 0.3) is 0 Å². The van der Waals surface area contributed by atoms with Gasteiger partial charge in [-0.2, -0.15) is 0 Å². The van der Waals surface area contributed by atoms with Crippen molar-refractivity contribution in [3.05, 3.63) is 40.8 Å². The van der Waals surface area contributed by atoms with Crippen LogP contribution in [0.4, 0.5) is 4.39 Å².